The van der Waals surface area contributed by atoms with Crippen molar-refractivity contribution in [3.05, 3.63) is 29.3 Å². The third kappa shape index (κ3) is 4.28. The Morgan fingerprint density at radius 1 is 1.05 bits per heavy atom. The average Bonchev–Trinajstić information content (AvgIpc) is 2.42. The minimum absolute atomic E-state index is 0.0180. The number of esters is 2. The van der Waals surface area contributed by atoms with Gasteiger partial charge in [-0.15, -0.1) is 0 Å². The van der Waals surface area contributed by atoms with Gasteiger partial charge in [-0.2, -0.15) is 0 Å². The molecule has 0 radical (unpaired) electrons. The van der Waals surface area contributed by atoms with E-state index in [0.29, 0.717) is 0 Å². The van der Waals surface area contributed by atoms with Gasteiger partial charge in [0.25, 0.3) is 0 Å². The number of nitrogens with one attached hydrogen (secondary N) is 1. The van der Waals surface area contributed by atoms with Crippen molar-refractivity contribution < 1.29 is 27.5 Å². The highest BCUT2D eigenvalue weighted by atomic mass is 32.2. The summed E-state index contributed by atoms with van der Waals surface area (Å²) in [4.78, 5) is 23.0. The molecule has 0 heterocycles. The molecule has 0 aromatic heterocycles. The summed E-state index contributed by atoms with van der Waals surface area (Å²) in [7, 11) is -1.70. The second kappa shape index (κ2) is 6.45. The third-order valence-corrected chi connectivity index (χ3v) is 4.34. The molecule has 0 bridgehead atoms. The van der Waals surface area contributed by atoms with Gasteiger partial charge in [0.15, 0.2) is 0 Å². The van der Waals surface area contributed by atoms with Crippen LogP contribution in [0.3, 0.4) is 0 Å². The van der Waals surface area contributed by atoms with E-state index in [-0.39, 0.29) is 16.0 Å². The lowest BCUT2D eigenvalue weighted by atomic mass is 10.1. The Morgan fingerprint density at radius 3 is 2.05 bits per heavy atom. The van der Waals surface area contributed by atoms with Gasteiger partial charge >= 0.3 is 11.9 Å². The van der Waals surface area contributed by atoms with Crippen molar-refractivity contribution in [3.63, 3.8) is 0 Å². The van der Waals surface area contributed by atoms with Crippen molar-refractivity contribution in [1.82, 2.24) is 4.72 Å². The molecule has 1 aromatic carbocycles. The molecule has 22 heavy (non-hydrogen) atoms. The van der Waals surface area contributed by atoms with Crippen LogP contribution in [0.2, 0.25) is 0 Å². The molecule has 8 heteroatoms. The number of carbonyl (C=O) groups is 2. The van der Waals surface area contributed by atoms with Crippen LogP contribution in [0.15, 0.2) is 23.1 Å². The summed E-state index contributed by atoms with van der Waals surface area (Å²) >= 11 is 0. The Balaban J connectivity index is 3.52. The van der Waals surface area contributed by atoms with Crippen molar-refractivity contribution >= 4 is 22.0 Å². The van der Waals surface area contributed by atoms with E-state index < -0.39 is 27.5 Å². The molecule has 0 atom stereocenters. The van der Waals surface area contributed by atoms with E-state index in [4.69, 9.17) is 0 Å². The van der Waals surface area contributed by atoms with Crippen molar-refractivity contribution in [2.75, 3.05) is 14.2 Å². The predicted octanol–water partition coefficient (Wildman–Crippen LogP) is 1.34. The number of ether oxygens (including phenoxy) is 2. The molecular weight excluding hydrogens is 310 g/mol. The van der Waals surface area contributed by atoms with E-state index in [2.05, 4.69) is 14.2 Å². The standard InChI is InChI=1S/C14H19NO6S/c1-14(2,3)15-22(18,19)11-8-9(12(16)20-4)6-7-10(11)13(17)21-5/h6-8,15H,1-5H3. The van der Waals surface area contributed by atoms with Gasteiger partial charge in [0.1, 0.15) is 0 Å². The second-order valence-corrected chi connectivity index (χ2v) is 7.20. The SMILES string of the molecule is COC(=O)c1ccc(C(=O)OC)c(S(=O)(=O)NC(C)(C)C)c1. The molecule has 1 rings (SSSR count). The van der Waals surface area contributed by atoms with Crippen molar-refractivity contribution in [2.45, 2.75) is 31.2 Å². The fraction of sp³-hybridized carbons (Fsp3) is 0.429. The molecule has 0 fully saturated rings. The maximum absolute atomic E-state index is 12.5. The van der Waals surface area contributed by atoms with Gasteiger partial charge in [-0.05, 0) is 39.0 Å². The molecule has 7 nitrogen and oxygen atoms in total. The zero-order chi connectivity index (χ0) is 17.1. The largest absolute Gasteiger partial charge is 0.465 e. The van der Waals surface area contributed by atoms with E-state index in [0.717, 1.165) is 13.2 Å². The molecule has 122 valence electrons. The van der Waals surface area contributed by atoms with E-state index >= 15 is 0 Å². The Hall–Kier alpha value is -1.93. The molecule has 1 aromatic rings. The number of benzene rings is 1. The summed E-state index contributed by atoms with van der Waals surface area (Å²) in [6.07, 6.45) is 0. The molecule has 1 N–H and O–H groups in total. The zero-order valence-corrected chi connectivity index (χ0v) is 13.9. The van der Waals surface area contributed by atoms with Gasteiger partial charge in [0.2, 0.25) is 10.0 Å². The van der Waals surface area contributed by atoms with Gasteiger partial charge < -0.3 is 9.47 Å². The lowest BCUT2D eigenvalue weighted by molar-refractivity contribution is 0.0583. The number of hydrogen-bond donors (Lipinski definition) is 1. The van der Waals surface area contributed by atoms with Crippen LogP contribution >= 0.6 is 0 Å². The van der Waals surface area contributed by atoms with Crippen LogP contribution < -0.4 is 4.72 Å². The highest BCUT2D eigenvalue weighted by molar-refractivity contribution is 7.89. The van der Waals surface area contributed by atoms with Crippen LogP contribution in [0.1, 0.15) is 41.5 Å². The van der Waals surface area contributed by atoms with E-state index in [1.165, 1.54) is 19.2 Å². The number of rotatable bonds is 4. The van der Waals surface area contributed by atoms with Gasteiger partial charge in [-0.25, -0.2) is 22.7 Å². The first-order chi connectivity index (χ1) is 10.0. The monoisotopic (exact) mass is 329 g/mol. The average molecular weight is 329 g/mol. The Bertz CT molecular complexity index is 688. The lowest BCUT2D eigenvalue weighted by Gasteiger charge is -2.21. The molecule has 0 aliphatic heterocycles. The maximum atomic E-state index is 12.5. The fourth-order valence-corrected chi connectivity index (χ4v) is 3.37. The first kappa shape index (κ1) is 18.1. The van der Waals surface area contributed by atoms with Gasteiger partial charge in [0, 0.05) is 5.54 Å². The Kier molecular flexibility index (Phi) is 5.31. The van der Waals surface area contributed by atoms with E-state index in [1.807, 2.05) is 0 Å². The highest BCUT2D eigenvalue weighted by Crippen LogP contribution is 2.21. The summed E-state index contributed by atoms with van der Waals surface area (Å²) in [6, 6.07) is 3.61. The summed E-state index contributed by atoms with van der Waals surface area (Å²) < 4.78 is 36.5. The van der Waals surface area contributed by atoms with Crippen LogP contribution in [0, 0.1) is 0 Å². The smallest absolute Gasteiger partial charge is 0.339 e. The first-order valence-corrected chi connectivity index (χ1v) is 7.85. The minimum atomic E-state index is -4.03. The van der Waals surface area contributed by atoms with Crippen LogP contribution in [0.25, 0.3) is 0 Å². The maximum Gasteiger partial charge on any atom is 0.339 e. The number of carbonyl (C=O) groups excluding carboxylic acids is 2. The zero-order valence-electron chi connectivity index (χ0n) is 13.1. The first-order valence-electron chi connectivity index (χ1n) is 6.36. The molecule has 0 saturated carbocycles. The lowest BCUT2D eigenvalue weighted by Crippen LogP contribution is -2.41. The van der Waals surface area contributed by atoms with Crippen LogP contribution in [-0.2, 0) is 19.5 Å². The summed E-state index contributed by atoms with van der Waals surface area (Å²) in [5.41, 5.74) is -0.899. The minimum Gasteiger partial charge on any atom is -0.465 e. The third-order valence-electron chi connectivity index (χ3n) is 2.54. The molecule has 0 unspecified atom stereocenters. The predicted molar refractivity (Wildman–Crippen MR) is 79.2 cm³/mol. The van der Waals surface area contributed by atoms with Crippen LogP contribution in [0.5, 0.6) is 0 Å². The van der Waals surface area contributed by atoms with Crippen molar-refractivity contribution in [3.8, 4) is 0 Å². The molecule has 0 saturated heterocycles. The fourth-order valence-electron chi connectivity index (χ4n) is 1.73. The van der Waals surface area contributed by atoms with Crippen LogP contribution in [-0.4, -0.2) is 40.1 Å². The topological polar surface area (TPSA) is 98.8 Å². The van der Waals surface area contributed by atoms with Gasteiger partial charge in [-0.3, -0.25) is 0 Å². The summed E-state index contributed by atoms with van der Waals surface area (Å²) in [6.45, 7) is 4.98. The molecule has 0 aliphatic rings. The van der Waals surface area contributed by atoms with E-state index in [1.54, 1.807) is 20.8 Å². The summed E-state index contributed by atoms with van der Waals surface area (Å²) in [5.74, 6) is -1.52. The quantitative estimate of drug-likeness (QED) is 0.837. The number of methoxy groups -OCH3 is 2. The van der Waals surface area contributed by atoms with Crippen LogP contribution in [0.4, 0.5) is 0 Å². The number of sulfonamides is 1. The Labute approximate surface area is 129 Å². The molecule has 0 spiro atoms. The molecule has 0 aliphatic carbocycles. The van der Waals surface area contributed by atoms with E-state index in [9.17, 15) is 18.0 Å². The van der Waals surface area contributed by atoms with Gasteiger partial charge in [0.05, 0.1) is 30.2 Å². The van der Waals surface area contributed by atoms with Crippen molar-refractivity contribution in [2.24, 2.45) is 0 Å². The summed E-state index contributed by atoms with van der Waals surface area (Å²) in [5, 5.41) is 0. The highest BCUT2D eigenvalue weighted by Gasteiger charge is 2.28. The number of hydrogen-bond acceptors (Lipinski definition) is 6. The van der Waals surface area contributed by atoms with Crippen molar-refractivity contribution in [1.29, 1.82) is 0 Å². The molecule has 0 amide bonds. The second-order valence-electron chi connectivity index (χ2n) is 5.55. The normalized spacial score (nSPS) is 11.9. The Morgan fingerprint density at radius 2 is 1.59 bits per heavy atom. The molecular formula is C14H19NO6S. The van der Waals surface area contributed by atoms with Gasteiger partial charge in [-0.1, -0.05) is 0 Å².